The lowest BCUT2D eigenvalue weighted by molar-refractivity contribution is 0.285. The van der Waals surface area contributed by atoms with E-state index < -0.39 is 10.0 Å². The van der Waals surface area contributed by atoms with Gasteiger partial charge in [0.05, 0.1) is 0 Å². The molecule has 20 heavy (non-hydrogen) atoms. The van der Waals surface area contributed by atoms with Gasteiger partial charge in [-0.15, -0.1) is 11.6 Å². The Balaban J connectivity index is 2.24. The number of sulfonamides is 1. The highest BCUT2D eigenvalue weighted by Gasteiger charge is 2.34. The monoisotopic (exact) mass is 319 g/mol. The topological polar surface area (TPSA) is 55.2 Å². The van der Waals surface area contributed by atoms with Crippen LogP contribution in [0.15, 0.2) is 11.2 Å². The lowest BCUT2D eigenvalue weighted by Gasteiger charge is -2.32. The number of hydrogen-bond donors (Lipinski definition) is 0. The first-order valence-electron chi connectivity index (χ1n) is 7.04. The van der Waals surface area contributed by atoms with E-state index in [1.54, 1.807) is 6.20 Å². The zero-order valence-electron chi connectivity index (χ0n) is 12.2. The average molecular weight is 320 g/mol. The maximum absolute atomic E-state index is 12.6. The number of hydrogen-bond acceptors (Lipinski definition) is 3. The van der Waals surface area contributed by atoms with Crippen LogP contribution in [0.3, 0.4) is 0 Å². The molecule has 5 nitrogen and oxygen atoms in total. The fourth-order valence-corrected chi connectivity index (χ4v) is 4.23. The standard InChI is InChI=1S/C13H22ClN3O2S/c1-4-6-16-9-13(15-11(16)3)20(18,19)17-7-5-12(14)10(2)8-17/h9-10,12H,4-8H2,1-3H3. The first kappa shape index (κ1) is 15.8. The fourth-order valence-electron chi connectivity index (χ4n) is 2.50. The summed E-state index contributed by atoms with van der Waals surface area (Å²) in [6.45, 7) is 7.61. The molecule has 0 aliphatic carbocycles. The Morgan fingerprint density at radius 3 is 2.80 bits per heavy atom. The molecule has 7 heteroatoms. The van der Waals surface area contributed by atoms with Crippen LogP contribution >= 0.6 is 11.6 Å². The number of rotatable bonds is 4. The van der Waals surface area contributed by atoms with Gasteiger partial charge in [-0.2, -0.15) is 4.31 Å². The van der Waals surface area contributed by atoms with Gasteiger partial charge < -0.3 is 4.57 Å². The summed E-state index contributed by atoms with van der Waals surface area (Å²) in [4.78, 5) is 4.22. The maximum atomic E-state index is 12.6. The summed E-state index contributed by atoms with van der Waals surface area (Å²) in [5.41, 5.74) is 0. The van der Waals surface area contributed by atoms with Gasteiger partial charge in [0, 0.05) is 31.2 Å². The normalized spacial score (nSPS) is 25.0. The van der Waals surface area contributed by atoms with Crippen LogP contribution in [0, 0.1) is 12.8 Å². The van der Waals surface area contributed by atoms with Crippen LogP contribution in [0.5, 0.6) is 0 Å². The van der Waals surface area contributed by atoms with Crippen molar-refractivity contribution >= 4 is 21.6 Å². The third-order valence-corrected chi connectivity index (χ3v) is 6.17. The van der Waals surface area contributed by atoms with Crippen molar-refractivity contribution in [2.24, 2.45) is 5.92 Å². The van der Waals surface area contributed by atoms with Crippen molar-refractivity contribution in [1.29, 1.82) is 0 Å². The van der Waals surface area contributed by atoms with Gasteiger partial charge in [0.15, 0.2) is 5.03 Å². The van der Waals surface area contributed by atoms with Crippen LogP contribution < -0.4 is 0 Å². The Morgan fingerprint density at radius 1 is 1.50 bits per heavy atom. The second kappa shape index (κ2) is 6.03. The predicted molar refractivity (Wildman–Crippen MR) is 79.4 cm³/mol. The van der Waals surface area contributed by atoms with E-state index in [0.29, 0.717) is 19.5 Å². The second-order valence-corrected chi connectivity index (χ2v) is 7.91. The number of aromatic nitrogens is 2. The lowest BCUT2D eigenvalue weighted by atomic mass is 10.0. The van der Waals surface area contributed by atoms with Crippen molar-refractivity contribution in [2.75, 3.05) is 13.1 Å². The van der Waals surface area contributed by atoms with Crippen LogP contribution in [-0.4, -0.2) is 40.7 Å². The van der Waals surface area contributed by atoms with Gasteiger partial charge in [-0.1, -0.05) is 13.8 Å². The van der Waals surface area contributed by atoms with E-state index in [4.69, 9.17) is 11.6 Å². The number of halogens is 1. The Kier molecular flexibility index (Phi) is 4.76. The summed E-state index contributed by atoms with van der Waals surface area (Å²) in [6.07, 6.45) is 3.29. The quantitative estimate of drug-likeness (QED) is 0.800. The number of piperidine rings is 1. The summed E-state index contributed by atoms with van der Waals surface area (Å²) in [7, 11) is -3.50. The first-order chi connectivity index (χ1) is 9.36. The van der Waals surface area contributed by atoms with Crippen molar-refractivity contribution in [3.63, 3.8) is 0 Å². The summed E-state index contributed by atoms with van der Waals surface area (Å²) < 4.78 is 28.6. The maximum Gasteiger partial charge on any atom is 0.262 e. The summed E-state index contributed by atoms with van der Waals surface area (Å²) >= 11 is 6.16. The first-order valence-corrected chi connectivity index (χ1v) is 8.92. The van der Waals surface area contributed by atoms with Gasteiger partial charge in [0.1, 0.15) is 5.82 Å². The number of alkyl halides is 1. The summed E-state index contributed by atoms with van der Waals surface area (Å²) in [6, 6.07) is 0. The molecular weight excluding hydrogens is 298 g/mol. The summed E-state index contributed by atoms with van der Waals surface area (Å²) in [5, 5.41) is 0.213. The zero-order chi connectivity index (χ0) is 14.9. The van der Waals surface area contributed by atoms with Gasteiger partial charge in [-0.25, -0.2) is 13.4 Å². The van der Waals surface area contributed by atoms with Gasteiger partial charge in [-0.05, 0) is 25.7 Å². The van der Waals surface area contributed by atoms with E-state index in [2.05, 4.69) is 11.9 Å². The molecular formula is C13H22ClN3O2S. The Bertz CT molecular complexity index is 570. The molecule has 0 bridgehead atoms. The summed E-state index contributed by atoms with van der Waals surface area (Å²) in [5.74, 6) is 0.907. The highest BCUT2D eigenvalue weighted by Crippen LogP contribution is 2.26. The van der Waals surface area contributed by atoms with Crippen LogP contribution in [0.25, 0.3) is 0 Å². The van der Waals surface area contributed by atoms with E-state index in [1.165, 1.54) is 4.31 Å². The molecule has 1 fully saturated rings. The van der Waals surface area contributed by atoms with Crippen LogP contribution in [-0.2, 0) is 16.6 Å². The van der Waals surface area contributed by atoms with Crippen molar-refractivity contribution in [2.45, 2.75) is 50.6 Å². The Hall–Kier alpha value is -0.590. The molecule has 0 aromatic carbocycles. The fraction of sp³-hybridized carbons (Fsp3) is 0.769. The van der Waals surface area contributed by atoms with E-state index in [0.717, 1.165) is 18.8 Å². The average Bonchev–Trinajstić information content (AvgIpc) is 2.75. The minimum Gasteiger partial charge on any atom is -0.334 e. The van der Waals surface area contributed by atoms with Crippen LogP contribution in [0.2, 0.25) is 0 Å². The molecule has 2 rings (SSSR count). The van der Waals surface area contributed by atoms with Crippen molar-refractivity contribution < 1.29 is 8.42 Å². The molecule has 0 spiro atoms. The van der Waals surface area contributed by atoms with E-state index in [9.17, 15) is 8.42 Å². The molecule has 1 aromatic rings. The Morgan fingerprint density at radius 2 is 2.20 bits per heavy atom. The molecule has 1 aliphatic rings. The van der Waals surface area contributed by atoms with Crippen molar-refractivity contribution in [1.82, 2.24) is 13.9 Å². The third-order valence-electron chi connectivity index (χ3n) is 3.79. The molecule has 1 aromatic heterocycles. The van der Waals surface area contributed by atoms with Crippen LogP contribution in [0.4, 0.5) is 0 Å². The van der Waals surface area contributed by atoms with E-state index in [-0.39, 0.29) is 16.3 Å². The highest BCUT2D eigenvalue weighted by molar-refractivity contribution is 7.89. The zero-order valence-corrected chi connectivity index (χ0v) is 13.8. The molecule has 0 saturated carbocycles. The Labute approximate surface area is 126 Å². The van der Waals surface area contributed by atoms with Crippen LogP contribution in [0.1, 0.15) is 32.5 Å². The smallest absolute Gasteiger partial charge is 0.262 e. The van der Waals surface area contributed by atoms with Gasteiger partial charge in [-0.3, -0.25) is 0 Å². The molecule has 1 aliphatic heterocycles. The highest BCUT2D eigenvalue weighted by atomic mass is 35.5. The molecule has 2 atom stereocenters. The lowest BCUT2D eigenvalue weighted by Crippen LogP contribution is -2.43. The molecule has 0 amide bonds. The van der Waals surface area contributed by atoms with Gasteiger partial charge in [0.2, 0.25) is 0 Å². The number of aryl methyl sites for hydroxylation is 2. The largest absolute Gasteiger partial charge is 0.334 e. The molecule has 0 radical (unpaired) electrons. The molecule has 1 saturated heterocycles. The molecule has 2 heterocycles. The SMILES string of the molecule is CCCn1cc(S(=O)(=O)N2CCC(Cl)C(C)C2)nc1C. The molecule has 114 valence electrons. The van der Waals surface area contributed by atoms with Crippen molar-refractivity contribution in [3.8, 4) is 0 Å². The van der Waals surface area contributed by atoms with E-state index in [1.807, 2.05) is 18.4 Å². The molecule has 0 N–H and O–H groups in total. The predicted octanol–water partition coefficient (Wildman–Crippen LogP) is 2.24. The minimum absolute atomic E-state index is 0.0563. The molecule has 2 unspecified atom stereocenters. The number of nitrogens with zero attached hydrogens (tertiary/aromatic N) is 3. The third kappa shape index (κ3) is 3.02. The van der Waals surface area contributed by atoms with Crippen molar-refractivity contribution in [3.05, 3.63) is 12.0 Å². The minimum atomic E-state index is -3.50. The second-order valence-electron chi connectivity index (χ2n) is 5.46. The van der Waals surface area contributed by atoms with Gasteiger partial charge in [0.25, 0.3) is 10.0 Å². The van der Waals surface area contributed by atoms with Gasteiger partial charge >= 0.3 is 0 Å². The van der Waals surface area contributed by atoms with E-state index >= 15 is 0 Å². The number of imidazole rings is 1.